The summed E-state index contributed by atoms with van der Waals surface area (Å²) in [6, 6.07) is 12.6. The van der Waals surface area contributed by atoms with E-state index in [0.717, 1.165) is 38.3 Å². The highest BCUT2D eigenvalue weighted by atomic mass is 16.1. The number of anilines is 1. The maximum Gasteiger partial charge on any atom is 0.217 e. The van der Waals surface area contributed by atoms with Crippen LogP contribution in [0.15, 0.2) is 48.8 Å². The van der Waals surface area contributed by atoms with Crippen molar-refractivity contribution >= 4 is 11.6 Å². The Morgan fingerprint density at radius 3 is 2.42 bits per heavy atom. The van der Waals surface area contributed by atoms with Crippen LogP contribution in [0.5, 0.6) is 0 Å². The summed E-state index contributed by atoms with van der Waals surface area (Å²) < 4.78 is 0. The molecule has 1 saturated heterocycles. The number of aromatic nitrogens is 1. The van der Waals surface area contributed by atoms with Crippen LogP contribution >= 0.6 is 0 Å². The van der Waals surface area contributed by atoms with Crippen molar-refractivity contribution in [3.05, 3.63) is 59.9 Å². The lowest BCUT2D eigenvalue weighted by atomic mass is 10.1. The van der Waals surface area contributed by atoms with Gasteiger partial charge in [-0.3, -0.25) is 14.7 Å². The van der Waals surface area contributed by atoms with Crippen LogP contribution in [0.1, 0.15) is 18.1 Å². The van der Waals surface area contributed by atoms with Crippen LogP contribution in [-0.2, 0) is 17.9 Å². The van der Waals surface area contributed by atoms with Crippen molar-refractivity contribution < 1.29 is 4.79 Å². The molecule has 0 bridgehead atoms. The normalized spacial score (nSPS) is 15.3. The SMILES string of the molecule is CC(=O)NCc1ccc(CN2CCN(c3cccnc3)CC2)cc1. The maximum atomic E-state index is 11.0. The van der Waals surface area contributed by atoms with Crippen LogP contribution in [0.4, 0.5) is 5.69 Å². The Balaban J connectivity index is 1.48. The first kappa shape index (κ1) is 16.5. The summed E-state index contributed by atoms with van der Waals surface area (Å²) in [6.07, 6.45) is 3.75. The summed E-state index contributed by atoms with van der Waals surface area (Å²) in [5.41, 5.74) is 3.66. The summed E-state index contributed by atoms with van der Waals surface area (Å²) in [7, 11) is 0. The Morgan fingerprint density at radius 1 is 1.08 bits per heavy atom. The summed E-state index contributed by atoms with van der Waals surface area (Å²) in [5.74, 6) is 0.00515. The fourth-order valence-corrected chi connectivity index (χ4v) is 2.95. The molecule has 0 radical (unpaired) electrons. The molecule has 1 aromatic heterocycles. The first-order valence-corrected chi connectivity index (χ1v) is 8.40. The molecule has 2 aromatic rings. The van der Waals surface area contributed by atoms with Crippen molar-refractivity contribution in [1.29, 1.82) is 0 Å². The van der Waals surface area contributed by atoms with Gasteiger partial charge in [-0.25, -0.2) is 0 Å². The number of carbonyl (C=O) groups excluding carboxylic acids is 1. The lowest BCUT2D eigenvalue weighted by Crippen LogP contribution is -2.46. The van der Waals surface area contributed by atoms with E-state index < -0.39 is 0 Å². The lowest BCUT2D eigenvalue weighted by molar-refractivity contribution is -0.119. The van der Waals surface area contributed by atoms with E-state index in [9.17, 15) is 4.79 Å². The smallest absolute Gasteiger partial charge is 0.217 e. The van der Waals surface area contributed by atoms with Crippen LogP contribution in [0.3, 0.4) is 0 Å². The van der Waals surface area contributed by atoms with E-state index in [2.05, 4.69) is 50.4 Å². The van der Waals surface area contributed by atoms with Crippen molar-refractivity contribution in [2.75, 3.05) is 31.1 Å². The van der Waals surface area contributed by atoms with Gasteiger partial charge in [-0.1, -0.05) is 24.3 Å². The van der Waals surface area contributed by atoms with Gasteiger partial charge in [0.05, 0.1) is 11.9 Å². The topological polar surface area (TPSA) is 48.5 Å². The van der Waals surface area contributed by atoms with E-state index in [1.165, 1.54) is 11.3 Å². The largest absolute Gasteiger partial charge is 0.368 e. The van der Waals surface area contributed by atoms with Crippen molar-refractivity contribution in [3.8, 4) is 0 Å². The van der Waals surface area contributed by atoms with Crippen LogP contribution in [0.2, 0.25) is 0 Å². The molecular formula is C19H24N4O. The molecule has 1 aromatic carbocycles. The molecule has 3 rings (SSSR count). The number of hydrogen-bond donors (Lipinski definition) is 1. The van der Waals surface area contributed by atoms with Crippen molar-refractivity contribution in [3.63, 3.8) is 0 Å². The van der Waals surface area contributed by atoms with Gasteiger partial charge in [-0.15, -0.1) is 0 Å². The Kier molecular flexibility index (Phi) is 5.43. The molecule has 5 nitrogen and oxygen atoms in total. The molecule has 1 aliphatic rings. The average Bonchev–Trinajstić information content (AvgIpc) is 2.62. The molecule has 5 heteroatoms. The number of nitrogens with one attached hydrogen (secondary N) is 1. The monoisotopic (exact) mass is 324 g/mol. The van der Waals surface area contributed by atoms with Crippen LogP contribution in [-0.4, -0.2) is 42.0 Å². The van der Waals surface area contributed by atoms with Gasteiger partial charge >= 0.3 is 0 Å². The Morgan fingerprint density at radius 2 is 1.79 bits per heavy atom. The van der Waals surface area contributed by atoms with Gasteiger partial charge in [0.15, 0.2) is 0 Å². The minimum atomic E-state index is 0.00515. The molecule has 126 valence electrons. The summed E-state index contributed by atoms with van der Waals surface area (Å²) in [4.78, 5) is 20.0. The third kappa shape index (κ3) is 4.55. The zero-order valence-corrected chi connectivity index (χ0v) is 14.1. The molecule has 1 N–H and O–H groups in total. The second-order valence-electron chi connectivity index (χ2n) is 6.20. The summed E-state index contributed by atoms with van der Waals surface area (Å²) in [6.45, 7) is 7.30. The third-order valence-electron chi connectivity index (χ3n) is 4.35. The quantitative estimate of drug-likeness (QED) is 0.914. The Hall–Kier alpha value is -2.40. The van der Waals surface area contributed by atoms with Gasteiger partial charge in [0.1, 0.15) is 0 Å². The molecule has 0 saturated carbocycles. The zero-order chi connectivity index (χ0) is 16.8. The van der Waals surface area contributed by atoms with E-state index >= 15 is 0 Å². The van der Waals surface area contributed by atoms with Crippen LogP contribution in [0.25, 0.3) is 0 Å². The van der Waals surface area contributed by atoms with E-state index in [1.54, 1.807) is 6.92 Å². The molecule has 0 unspecified atom stereocenters. The fourth-order valence-electron chi connectivity index (χ4n) is 2.95. The molecule has 0 spiro atoms. The Bertz CT molecular complexity index is 649. The summed E-state index contributed by atoms with van der Waals surface area (Å²) in [5, 5.41) is 2.82. The van der Waals surface area contributed by atoms with Gasteiger partial charge in [0, 0.05) is 52.4 Å². The molecule has 1 amide bonds. The highest BCUT2D eigenvalue weighted by Crippen LogP contribution is 2.16. The number of nitrogens with zero attached hydrogens (tertiary/aromatic N) is 3. The van der Waals surface area contributed by atoms with Gasteiger partial charge < -0.3 is 10.2 Å². The van der Waals surface area contributed by atoms with E-state index in [4.69, 9.17) is 0 Å². The molecule has 1 aliphatic heterocycles. The minimum Gasteiger partial charge on any atom is -0.368 e. The third-order valence-corrected chi connectivity index (χ3v) is 4.35. The van der Waals surface area contributed by atoms with Crippen molar-refractivity contribution in [1.82, 2.24) is 15.2 Å². The lowest BCUT2D eigenvalue weighted by Gasteiger charge is -2.36. The Labute approximate surface area is 143 Å². The maximum absolute atomic E-state index is 11.0. The van der Waals surface area contributed by atoms with E-state index in [-0.39, 0.29) is 5.91 Å². The molecule has 0 aliphatic carbocycles. The summed E-state index contributed by atoms with van der Waals surface area (Å²) >= 11 is 0. The predicted molar refractivity (Wildman–Crippen MR) is 95.7 cm³/mol. The molecule has 0 atom stereocenters. The van der Waals surface area contributed by atoms with E-state index in [0.29, 0.717) is 6.54 Å². The van der Waals surface area contributed by atoms with Crippen LogP contribution in [0, 0.1) is 0 Å². The second kappa shape index (κ2) is 7.93. The van der Waals surface area contributed by atoms with Gasteiger partial charge in [-0.05, 0) is 23.3 Å². The first-order chi connectivity index (χ1) is 11.7. The second-order valence-corrected chi connectivity index (χ2v) is 6.20. The van der Waals surface area contributed by atoms with Crippen molar-refractivity contribution in [2.45, 2.75) is 20.0 Å². The molecule has 24 heavy (non-hydrogen) atoms. The van der Waals surface area contributed by atoms with Gasteiger partial charge in [0.2, 0.25) is 5.91 Å². The van der Waals surface area contributed by atoms with E-state index in [1.807, 2.05) is 18.5 Å². The average molecular weight is 324 g/mol. The molecule has 1 fully saturated rings. The standard InChI is InChI=1S/C19H24N4O/c1-16(24)21-13-17-4-6-18(7-5-17)15-22-9-11-23(12-10-22)19-3-2-8-20-14-19/h2-8,14H,9-13,15H2,1H3,(H,21,24). The molecule has 2 heterocycles. The zero-order valence-electron chi connectivity index (χ0n) is 14.1. The highest BCUT2D eigenvalue weighted by molar-refractivity contribution is 5.72. The number of carbonyl (C=O) groups is 1. The number of benzene rings is 1. The molecular weight excluding hydrogens is 300 g/mol. The van der Waals surface area contributed by atoms with Gasteiger partial charge in [0.25, 0.3) is 0 Å². The van der Waals surface area contributed by atoms with Crippen LogP contribution < -0.4 is 10.2 Å². The highest BCUT2D eigenvalue weighted by Gasteiger charge is 2.17. The number of piperazine rings is 1. The fraction of sp³-hybridized carbons (Fsp3) is 0.368. The predicted octanol–water partition coefficient (Wildman–Crippen LogP) is 2.04. The van der Waals surface area contributed by atoms with Crippen molar-refractivity contribution in [2.24, 2.45) is 0 Å². The number of amides is 1. The number of pyridine rings is 1. The number of hydrogen-bond acceptors (Lipinski definition) is 4. The minimum absolute atomic E-state index is 0.00515. The number of rotatable bonds is 5. The van der Waals surface area contributed by atoms with Gasteiger partial charge in [-0.2, -0.15) is 0 Å². The first-order valence-electron chi connectivity index (χ1n) is 8.40.